The normalized spacial score (nSPS) is 12.4. The molecule has 0 saturated heterocycles. The molecule has 19 heavy (non-hydrogen) atoms. The molecule has 2 aromatic rings. The molecule has 0 fully saturated rings. The van der Waals surface area contributed by atoms with Crippen LogP contribution in [0.2, 0.25) is 5.02 Å². The van der Waals surface area contributed by atoms with Gasteiger partial charge in [0.05, 0.1) is 6.04 Å². The summed E-state index contributed by atoms with van der Waals surface area (Å²) < 4.78 is 14.1. The minimum Gasteiger partial charge on any atom is -0.306 e. The summed E-state index contributed by atoms with van der Waals surface area (Å²) in [5, 5.41) is 3.70. The van der Waals surface area contributed by atoms with Crippen molar-refractivity contribution in [1.82, 2.24) is 10.3 Å². The Morgan fingerprint density at radius 2 is 2.11 bits per heavy atom. The molecule has 0 aliphatic rings. The van der Waals surface area contributed by atoms with Gasteiger partial charge in [-0.3, -0.25) is 4.98 Å². The van der Waals surface area contributed by atoms with Crippen molar-refractivity contribution in [2.45, 2.75) is 19.9 Å². The van der Waals surface area contributed by atoms with Gasteiger partial charge in [-0.2, -0.15) is 0 Å². The fraction of sp³-hybridized carbons (Fsp3) is 0.267. The fourth-order valence-electron chi connectivity index (χ4n) is 2.09. The van der Waals surface area contributed by atoms with Crippen molar-refractivity contribution < 1.29 is 4.39 Å². The Morgan fingerprint density at radius 3 is 2.74 bits per heavy atom. The predicted molar refractivity (Wildman–Crippen MR) is 75.9 cm³/mol. The third kappa shape index (κ3) is 3.31. The van der Waals surface area contributed by atoms with E-state index in [0.29, 0.717) is 10.6 Å². The van der Waals surface area contributed by atoms with Gasteiger partial charge in [-0.25, -0.2) is 4.39 Å². The fourth-order valence-corrected chi connectivity index (χ4v) is 2.25. The Morgan fingerprint density at radius 1 is 1.32 bits per heavy atom. The van der Waals surface area contributed by atoms with E-state index < -0.39 is 0 Å². The van der Waals surface area contributed by atoms with E-state index in [9.17, 15) is 4.39 Å². The maximum atomic E-state index is 14.1. The van der Waals surface area contributed by atoms with Gasteiger partial charge in [0, 0.05) is 22.5 Å². The Balaban J connectivity index is 2.45. The smallest absolute Gasteiger partial charge is 0.129 e. The molecule has 1 aromatic carbocycles. The van der Waals surface area contributed by atoms with Crippen molar-refractivity contribution in [2.75, 3.05) is 6.54 Å². The minimum atomic E-state index is -0.298. The molecule has 0 radical (unpaired) electrons. The van der Waals surface area contributed by atoms with Gasteiger partial charge in [0.25, 0.3) is 0 Å². The number of aryl methyl sites for hydroxylation is 1. The number of benzene rings is 1. The topological polar surface area (TPSA) is 24.9 Å². The summed E-state index contributed by atoms with van der Waals surface area (Å²) in [4.78, 5) is 4.17. The molecule has 2 nitrogen and oxygen atoms in total. The van der Waals surface area contributed by atoms with Crippen LogP contribution < -0.4 is 5.32 Å². The number of nitrogens with zero attached hydrogens (tertiary/aromatic N) is 1. The van der Waals surface area contributed by atoms with Crippen molar-refractivity contribution in [1.29, 1.82) is 0 Å². The third-order valence-electron chi connectivity index (χ3n) is 2.94. The molecule has 1 N–H and O–H groups in total. The van der Waals surface area contributed by atoms with Gasteiger partial charge in [0.1, 0.15) is 5.82 Å². The van der Waals surface area contributed by atoms with Crippen molar-refractivity contribution >= 4 is 11.6 Å². The third-order valence-corrected chi connectivity index (χ3v) is 3.17. The SMILES string of the molecule is CCNC(c1ccnc(C)c1)c1ccc(Cl)cc1F. The Kier molecular flexibility index (Phi) is 4.51. The molecule has 0 aliphatic heterocycles. The van der Waals surface area contributed by atoms with Crippen molar-refractivity contribution in [3.8, 4) is 0 Å². The molecule has 2 rings (SSSR count). The first-order chi connectivity index (χ1) is 9.11. The van der Waals surface area contributed by atoms with Crippen LogP contribution in [0.5, 0.6) is 0 Å². The standard InChI is InChI=1S/C15H16ClFN2/c1-3-18-15(11-6-7-19-10(2)8-11)13-5-4-12(16)9-14(13)17/h4-9,15,18H,3H2,1-2H3. The first-order valence-electron chi connectivity index (χ1n) is 6.22. The monoisotopic (exact) mass is 278 g/mol. The Hall–Kier alpha value is -1.45. The van der Waals surface area contributed by atoms with E-state index in [2.05, 4.69) is 10.3 Å². The number of pyridine rings is 1. The highest BCUT2D eigenvalue weighted by Crippen LogP contribution is 2.26. The van der Waals surface area contributed by atoms with Gasteiger partial charge in [0.2, 0.25) is 0 Å². The molecule has 4 heteroatoms. The van der Waals surface area contributed by atoms with E-state index in [-0.39, 0.29) is 11.9 Å². The van der Waals surface area contributed by atoms with Gasteiger partial charge < -0.3 is 5.32 Å². The lowest BCUT2D eigenvalue weighted by Crippen LogP contribution is -2.23. The molecule has 0 amide bonds. The Labute approximate surface area is 117 Å². The number of nitrogens with one attached hydrogen (secondary N) is 1. The molecule has 0 aliphatic carbocycles. The zero-order valence-corrected chi connectivity index (χ0v) is 11.7. The molecular formula is C15H16ClFN2. The number of aromatic nitrogens is 1. The van der Waals surface area contributed by atoms with Gasteiger partial charge in [-0.05, 0) is 43.3 Å². The summed E-state index contributed by atoms with van der Waals surface area (Å²) in [7, 11) is 0. The van der Waals surface area contributed by atoms with Crippen LogP contribution in [0.4, 0.5) is 4.39 Å². The van der Waals surface area contributed by atoms with Gasteiger partial charge in [-0.15, -0.1) is 0 Å². The lowest BCUT2D eigenvalue weighted by Gasteiger charge is -2.20. The minimum absolute atomic E-state index is 0.191. The second-order valence-electron chi connectivity index (χ2n) is 4.39. The molecule has 100 valence electrons. The van der Waals surface area contributed by atoms with Crippen molar-refractivity contribution in [3.05, 3.63) is 64.2 Å². The number of hydrogen-bond acceptors (Lipinski definition) is 2. The number of halogens is 2. The summed E-state index contributed by atoms with van der Waals surface area (Å²) in [6.45, 7) is 4.66. The van der Waals surface area contributed by atoms with E-state index in [0.717, 1.165) is 17.8 Å². The van der Waals surface area contributed by atoms with Crippen LogP contribution in [0.25, 0.3) is 0 Å². The van der Waals surface area contributed by atoms with Gasteiger partial charge in [0.15, 0.2) is 0 Å². The molecule has 0 saturated carbocycles. The summed E-state index contributed by atoms with van der Waals surface area (Å²) in [5.74, 6) is -0.298. The summed E-state index contributed by atoms with van der Waals surface area (Å²) >= 11 is 5.80. The Bertz CT molecular complexity index is 572. The number of rotatable bonds is 4. The zero-order chi connectivity index (χ0) is 13.8. The molecule has 1 unspecified atom stereocenters. The van der Waals surface area contributed by atoms with Crippen LogP contribution in [0.1, 0.15) is 29.8 Å². The molecule has 1 heterocycles. The highest BCUT2D eigenvalue weighted by atomic mass is 35.5. The van der Waals surface area contributed by atoms with Crippen LogP contribution in [0, 0.1) is 12.7 Å². The molecule has 0 bridgehead atoms. The summed E-state index contributed by atoms with van der Waals surface area (Å²) in [5.41, 5.74) is 2.50. The lowest BCUT2D eigenvalue weighted by atomic mass is 9.98. The van der Waals surface area contributed by atoms with Crippen LogP contribution in [0.3, 0.4) is 0 Å². The maximum Gasteiger partial charge on any atom is 0.129 e. The van der Waals surface area contributed by atoms with Gasteiger partial charge >= 0.3 is 0 Å². The maximum absolute atomic E-state index is 14.1. The van der Waals surface area contributed by atoms with E-state index in [1.807, 2.05) is 26.0 Å². The molecule has 1 atom stereocenters. The van der Waals surface area contributed by atoms with Crippen molar-refractivity contribution in [2.24, 2.45) is 0 Å². The molecular weight excluding hydrogens is 263 g/mol. The van der Waals surface area contributed by atoms with Crippen LogP contribution in [-0.2, 0) is 0 Å². The van der Waals surface area contributed by atoms with E-state index in [1.165, 1.54) is 6.07 Å². The first-order valence-corrected chi connectivity index (χ1v) is 6.60. The molecule has 0 spiro atoms. The highest BCUT2D eigenvalue weighted by Gasteiger charge is 2.17. The lowest BCUT2D eigenvalue weighted by molar-refractivity contribution is 0.558. The van der Waals surface area contributed by atoms with Crippen LogP contribution in [0.15, 0.2) is 36.5 Å². The first kappa shape index (κ1) is 14.0. The zero-order valence-electron chi connectivity index (χ0n) is 11.0. The largest absolute Gasteiger partial charge is 0.306 e. The number of hydrogen-bond donors (Lipinski definition) is 1. The second-order valence-corrected chi connectivity index (χ2v) is 4.82. The summed E-state index contributed by atoms with van der Waals surface area (Å²) in [6, 6.07) is 8.44. The average Bonchev–Trinajstić information content (AvgIpc) is 2.37. The molecule has 1 aromatic heterocycles. The average molecular weight is 279 g/mol. The van der Waals surface area contributed by atoms with Gasteiger partial charge in [-0.1, -0.05) is 24.6 Å². The van der Waals surface area contributed by atoms with E-state index in [4.69, 9.17) is 11.6 Å². The quantitative estimate of drug-likeness (QED) is 0.918. The summed E-state index contributed by atoms with van der Waals surface area (Å²) in [6.07, 6.45) is 1.74. The van der Waals surface area contributed by atoms with E-state index >= 15 is 0 Å². The predicted octanol–water partition coefficient (Wildman–Crippen LogP) is 3.88. The van der Waals surface area contributed by atoms with E-state index in [1.54, 1.807) is 18.3 Å². The van der Waals surface area contributed by atoms with Crippen LogP contribution in [-0.4, -0.2) is 11.5 Å². The second kappa shape index (κ2) is 6.13. The highest BCUT2D eigenvalue weighted by molar-refractivity contribution is 6.30. The van der Waals surface area contributed by atoms with Crippen molar-refractivity contribution in [3.63, 3.8) is 0 Å². The van der Waals surface area contributed by atoms with Crippen LogP contribution >= 0.6 is 11.6 Å².